The van der Waals surface area contributed by atoms with Crippen LogP contribution in [-0.4, -0.2) is 0 Å². The second-order valence-electron chi connectivity index (χ2n) is 5.99. The summed E-state index contributed by atoms with van der Waals surface area (Å²) in [5.41, 5.74) is 2.68. The summed E-state index contributed by atoms with van der Waals surface area (Å²) in [6, 6.07) is 19.9. The van der Waals surface area contributed by atoms with Gasteiger partial charge >= 0.3 is 0 Å². The minimum atomic E-state index is -1.47. The van der Waals surface area contributed by atoms with E-state index in [-0.39, 0.29) is 11.8 Å². The predicted molar refractivity (Wildman–Crippen MR) is 85.9 cm³/mol. The molecule has 114 valence electrons. The second kappa shape index (κ2) is 6.87. The van der Waals surface area contributed by atoms with Crippen molar-refractivity contribution >= 4 is 0 Å². The van der Waals surface area contributed by atoms with Gasteiger partial charge in [-0.1, -0.05) is 60.7 Å². The van der Waals surface area contributed by atoms with Gasteiger partial charge in [0.15, 0.2) is 0 Å². The van der Waals surface area contributed by atoms with Crippen LogP contribution in [0.3, 0.4) is 0 Å². The Bertz CT molecular complexity index is 627. The first kappa shape index (κ1) is 15.0. The summed E-state index contributed by atoms with van der Waals surface area (Å²) >= 11 is 0. The molecule has 2 aromatic rings. The standard InChI is InChI=1S/C20H20F2/c21-20(22)19-17(13-7-10-15-8-3-1-4-9-15)14-18(19)16-11-5-2-6-12-16/h1-6,8-9,11-12,17-18H,7,10,13-14H2/t17-,18-/m0/s1. The second-order valence-corrected chi connectivity index (χ2v) is 5.99. The molecule has 1 aliphatic carbocycles. The Kier molecular flexibility index (Phi) is 4.67. The maximum Gasteiger partial charge on any atom is 0.270 e. The van der Waals surface area contributed by atoms with Crippen molar-refractivity contribution in [3.8, 4) is 0 Å². The average molecular weight is 298 g/mol. The van der Waals surface area contributed by atoms with Gasteiger partial charge < -0.3 is 0 Å². The van der Waals surface area contributed by atoms with Gasteiger partial charge in [-0.15, -0.1) is 0 Å². The third-order valence-electron chi connectivity index (χ3n) is 4.62. The van der Waals surface area contributed by atoms with E-state index < -0.39 is 6.08 Å². The van der Waals surface area contributed by atoms with Gasteiger partial charge in [-0.05, 0) is 42.7 Å². The predicted octanol–water partition coefficient (Wildman–Crippen LogP) is 5.96. The molecule has 0 heterocycles. The molecule has 2 atom stereocenters. The summed E-state index contributed by atoms with van der Waals surface area (Å²) in [7, 11) is 0. The van der Waals surface area contributed by atoms with Crippen LogP contribution in [0.1, 0.15) is 36.3 Å². The average Bonchev–Trinajstić information content (AvgIpc) is 2.51. The highest BCUT2D eigenvalue weighted by atomic mass is 19.3. The van der Waals surface area contributed by atoms with Crippen molar-refractivity contribution < 1.29 is 8.78 Å². The van der Waals surface area contributed by atoms with Gasteiger partial charge in [0.2, 0.25) is 0 Å². The van der Waals surface area contributed by atoms with E-state index in [0.717, 1.165) is 31.2 Å². The zero-order chi connectivity index (χ0) is 15.4. The SMILES string of the molecule is FC(F)=C1[C@@H](CCCc2ccccc2)C[C@H]1c1ccccc1. The summed E-state index contributed by atoms with van der Waals surface area (Å²) < 4.78 is 26.6. The zero-order valence-corrected chi connectivity index (χ0v) is 12.5. The number of aryl methyl sites for hydroxylation is 1. The topological polar surface area (TPSA) is 0 Å². The molecular weight excluding hydrogens is 278 g/mol. The molecule has 0 unspecified atom stereocenters. The monoisotopic (exact) mass is 298 g/mol. The lowest BCUT2D eigenvalue weighted by atomic mass is 9.65. The molecule has 3 rings (SSSR count). The number of rotatable bonds is 5. The third-order valence-corrected chi connectivity index (χ3v) is 4.62. The summed E-state index contributed by atoms with van der Waals surface area (Å²) in [6.07, 6.45) is 2.17. The van der Waals surface area contributed by atoms with Gasteiger partial charge in [-0.2, -0.15) is 8.78 Å². The van der Waals surface area contributed by atoms with Crippen molar-refractivity contribution in [3.63, 3.8) is 0 Å². The quantitative estimate of drug-likeness (QED) is 0.638. The first-order valence-electron chi connectivity index (χ1n) is 7.89. The molecule has 2 aromatic carbocycles. The molecule has 1 saturated carbocycles. The van der Waals surface area contributed by atoms with E-state index in [1.807, 2.05) is 48.5 Å². The summed E-state index contributed by atoms with van der Waals surface area (Å²) in [5.74, 6) is -0.0214. The molecule has 0 bridgehead atoms. The molecular formula is C20H20F2. The molecule has 0 spiro atoms. The van der Waals surface area contributed by atoms with Gasteiger partial charge in [-0.25, -0.2) is 0 Å². The number of halogens is 2. The Morgan fingerprint density at radius 1 is 0.909 bits per heavy atom. The van der Waals surface area contributed by atoms with Crippen LogP contribution in [0.25, 0.3) is 0 Å². The zero-order valence-electron chi connectivity index (χ0n) is 12.5. The Morgan fingerprint density at radius 3 is 2.18 bits per heavy atom. The lowest BCUT2D eigenvalue weighted by molar-refractivity contribution is 0.299. The van der Waals surface area contributed by atoms with Crippen LogP contribution in [-0.2, 0) is 6.42 Å². The lowest BCUT2D eigenvalue weighted by Crippen LogP contribution is -2.27. The van der Waals surface area contributed by atoms with Gasteiger partial charge in [0.1, 0.15) is 0 Å². The van der Waals surface area contributed by atoms with Crippen molar-refractivity contribution in [2.24, 2.45) is 5.92 Å². The fourth-order valence-corrected chi connectivity index (χ4v) is 3.42. The third kappa shape index (κ3) is 3.27. The maximum absolute atomic E-state index is 13.3. The number of hydrogen-bond donors (Lipinski definition) is 0. The van der Waals surface area contributed by atoms with Crippen LogP contribution in [0.4, 0.5) is 8.78 Å². The lowest BCUT2D eigenvalue weighted by Gasteiger charge is -2.38. The van der Waals surface area contributed by atoms with E-state index in [0.29, 0.717) is 5.57 Å². The summed E-state index contributed by atoms with van der Waals surface area (Å²) in [5, 5.41) is 0. The Hall–Kier alpha value is -1.96. The molecule has 22 heavy (non-hydrogen) atoms. The normalized spacial score (nSPS) is 20.5. The van der Waals surface area contributed by atoms with E-state index in [1.54, 1.807) is 0 Å². The number of benzene rings is 2. The van der Waals surface area contributed by atoms with Gasteiger partial charge in [0.05, 0.1) is 0 Å². The molecule has 0 nitrogen and oxygen atoms in total. The van der Waals surface area contributed by atoms with Crippen molar-refractivity contribution in [2.45, 2.75) is 31.6 Å². The molecule has 0 saturated heterocycles. The Balaban J connectivity index is 1.58. The molecule has 1 fully saturated rings. The van der Waals surface area contributed by atoms with Gasteiger partial charge in [-0.3, -0.25) is 0 Å². The van der Waals surface area contributed by atoms with Crippen molar-refractivity contribution in [1.82, 2.24) is 0 Å². The van der Waals surface area contributed by atoms with Crippen LogP contribution in [0.15, 0.2) is 72.3 Å². The Morgan fingerprint density at radius 2 is 1.55 bits per heavy atom. The fourth-order valence-electron chi connectivity index (χ4n) is 3.42. The van der Waals surface area contributed by atoms with Gasteiger partial charge in [0.25, 0.3) is 6.08 Å². The van der Waals surface area contributed by atoms with Crippen LogP contribution in [0.5, 0.6) is 0 Å². The molecule has 0 aromatic heterocycles. The first-order chi connectivity index (χ1) is 10.8. The highest BCUT2D eigenvalue weighted by Crippen LogP contribution is 2.50. The van der Waals surface area contributed by atoms with E-state index in [1.165, 1.54) is 5.56 Å². The molecule has 0 aliphatic heterocycles. The summed E-state index contributed by atoms with van der Waals surface area (Å²) in [6.45, 7) is 0. The van der Waals surface area contributed by atoms with E-state index in [2.05, 4.69) is 12.1 Å². The van der Waals surface area contributed by atoms with Crippen molar-refractivity contribution in [1.29, 1.82) is 0 Å². The van der Waals surface area contributed by atoms with Gasteiger partial charge in [0, 0.05) is 11.5 Å². The van der Waals surface area contributed by atoms with Crippen LogP contribution in [0.2, 0.25) is 0 Å². The highest BCUT2D eigenvalue weighted by molar-refractivity contribution is 5.36. The molecule has 0 N–H and O–H groups in total. The first-order valence-corrected chi connectivity index (χ1v) is 7.89. The number of hydrogen-bond acceptors (Lipinski definition) is 0. The van der Waals surface area contributed by atoms with Crippen LogP contribution < -0.4 is 0 Å². The van der Waals surface area contributed by atoms with Crippen molar-refractivity contribution in [3.05, 3.63) is 83.4 Å². The molecule has 1 aliphatic rings. The largest absolute Gasteiger partial charge is 0.270 e. The molecule has 0 radical (unpaired) electrons. The van der Waals surface area contributed by atoms with E-state index in [9.17, 15) is 8.78 Å². The van der Waals surface area contributed by atoms with Crippen LogP contribution >= 0.6 is 0 Å². The smallest absolute Gasteiger partial charge is 0.173 e. The number of allylic oxidation sites excluding steroid dienone is 1. The minimum absolute atomic E-state index is 0.0546. The molecule has 2 heteroatoms. The minimum Gasteiger partial charge on any atom is -0.173 e. The maximum atomic E-state index is 13.3. The fraction of sp³-hybridized carbons (Fsp3) is 0.300. The summed E-state index contributed by atoms with van der Waals surface area (Å²) in [4.78, 5) is 0. The van der Waals surface area contributed by atoms with E-state index >= 15 is 0 Å². The Labute approximate surface area is 130 Å². The van der Waals surface area contributed by atoms with Crippen molar-refractivity contribution in [2.75, 3.05) is 0 Å². The highest BCUT2D eigenvalue weighted by Gasteiger charge is 2.38. The van der Waals surface area contributed by atoms with E-state index in [4.69, 9.17) is 0 Å². The van der Waals surface area contributed by atoms with Crippen LogP contribution in [0, 0.1) is 5.92 Å². The molecule has 0 amide bonds.